The molecule has 1 aliphatic heterocycles. The Labute approximate surface area is 224 Å². The van der Waals surface area contributed by atoms with Gasteiger partial charge in [-0.15, -0.1) is 0 Å². The van der Waals surface area contributed by atoms with Crippen LogP contribution in [-0.2, 0) is 0 Å². The number of methoxy groups -OCH3 is 1. The topological polar surface area (TPSA) is 126 Å². The predicted molar refractivity (Wildman–Crippen MR) is 141 cm³/mol. The van der Waals surface area contributed by atoms with Crippen LogP contribution in [-0.4, -0.2) is 61.0 Å². The number of carboxylic acid groups (broad SMARTS) is 1. The predicted octanol–water partition coefficient (Wildman–Crippen LogP) is 4.74. The minimum absolute atomic E-state index is 0.00183. The molecular formula is C24H29Cl3N4O5. The molecule has 1 heterocycles. The third kappa shape index (κ3) is 6.79. The molecule has 0 saturated carbocycles. The summed E-state index contributed by atoms with van der Waals surface area (Å²) in [4.78, 5) is 26.3. The second-order valence-electron chi connectivity index (χ2n) is 8.76. The highest BCUT2D eigenvalue weighted by atomic mass is 35.5. The maximum atomic E-state index is 12.7. The van der Waals surface area contributed by atoms with Gasteiger partial charge in [-0.3, -0.25) is 9.69 Å². The van der Waals surface area contributed by atoms with E-state index in [4.69, 9.17) is 50.0 Å². The number of carbonyl (C=O) groups excluding carboxylic acids is 1. The summed E-state index contributed by atoms with van der Waals surface area (Å²) < 4.78 is 11.1. The maximum Gasteiger partial charge on any atom is 0.406 e. The van der Waals surface area contributed by atoms with E-state index in [9.17, 15) is 14.7 Å². The Morgan fingerprint density at radius 1 is 1.17 bits per heavy atom. The molecule has 0 aliphatic carbocycles. The van der Waals surface area contributed by atoms with Crippen molar-refractivity contribution < 1.29 is 24.2 Å². The lowest BCUT2D eigenvalue weighted by atomic mass is 9.94. The molecule has 0 radical (unpaired) electrons. The third-order valence-electron chi connectivity index (χ3n) is 6.22. The first-order valence-corrected chi connectivity index (χ1v) is 12.4. The molecule has 1 saturated heterocycles. The average Bonchev–Trinajstić information content (AvgIpc) is 2.83. The summed E-state index contributed by atoms with van der Waals surface area (Å²) in [5, 5.41) is 15.9. The Bertz CT molecular complexity index is 1090. The Morgan fingerprint density at radius 2 is 1.81 bits per heavy atom. The van der Waals surface area contributed by atoms with Crippen LogP contribution in [0.3, 0.4) is 0 Å². The first-order chi connectivity index (χ1) is 17.0. The number of nitrogens with one attached hydrogen (secondary N) is 2. The summed E-state index contributed by atoms with van der Waals surface area (Å²) in [6.45, 7) is 3.39. The van der Waals surface area contributed by atoms with E-state index in [0.717, 1.165) is 12.8 Å². The van der Waals surface area contributed by atoms with Gasteiger partial charge < -0.3 is 30.9 Å². The van der Waals surface area contributed by atoms with Crippen LogP contribution in [0.5, 0.6) is 11.5 Å². The van der Waals surface area contributed by atoms with E-state index in [2.05, 4.69) is 10.6 Å². The van der Waals surface area contributed by atoms with Crippen LogP contribution in [0, 0.1) is 5.92 Å². The van der Waals surface area contributed by atoms with Crippen LogP contribution in [0.1, 0.15) is 30.1 Å². The Kier molecular flexibility index (Phi) is 9.41. The third-order valence-corrected chi connectivity index (χ3v) is 7.14. The van der Waals surface area contributed by atoms with Gasteiger partial charge in [0.05, 0.1) is 33.4 Å². The number of nitrogens with two attached hydrogens (primary N) is 1. The number of ether oxygens (including phenoxy) is 2. The van der Waals surface area contributed by atoms with Crippen molar-refractivity contribution in [2.75, 3.05) is 39.1 Å². The molecule has 9 nitrogen and oxygen atoms in total. The van der Waals surface area contributed by atoms with Gasteiger partial charge in [-0.1, -0.05) is 40.9 Å². The number of nitrogens with zero attached hydrogens (tertiary/aromatic N) is 1. The minimum atomic E-state index is -1.17. The summed E-state index contributed by atoms with van der Waals surface area (Å²) >= 11 is 18.5. The van der Waals surface area contributed by atoms with Crippen LogP contribution in [0.15, 0.2) is 30.3 Å². The molecule has 0 spiro atoms. The summed E-state index contributed by atoms with van der Waals surface area (Å²) in [6, 6.07) is 8.01. The lowest BCUT2D eigenvalue weighted by molar-refractivity contribution is 0.00453. The van der Waals surface area contributed by atoms with E-state index in [-0.39, 0.29) is 23.5 Å². The summed E-state index contributed by atoms with van der Waals surface area (Å²) in [5.41, 5.74) is 5.41. The van der Waals surface area contributed by atoms with Gasteiger partial charge >= 0.3 is 6.09 Å². The van der Waals surface area contributed by atoms with Gasteiger partial charge in [-0.05, 0) is 43.9 Å². The Balaban J connectivity index is 1.59. The Morgan fingerprint density at radius 3 is 2.39 bits per heavy atom. The molecule has 1 aliphatic rings. The molecule has 3 rings (SSSR count). The van der Waals surface area contributed by atoms with Crippen molar-refractivity contribution in [3.05, 3.63) is 51.0 Å². The first kappa shape index (κ1) is 28.0. The van der Waals surface area contributed by atoms with Crippen molar-refractivity contribution >= 4 is 52.5 Å². The van der Waals surface area contributed by atoms with Gasteiger partial charge in [0.25, 0.3) is 5.91 Å². The van der Waals surface area contributed by atoms with Crippen LogP contribution >= 0.6 is 34.8 Å². The fraction of sp³-hybridized carbons (Fsp3) is 0.417. The zero-order valence-corrected chi connectivity index (χ0v) is 22.2. The van der Waals surface area contributed by atoms with Crippen molar-refractivity contribution in [2.24, 2.45) is 5.92 Å². The number of piperidine rings is 1. The van der Waals surface area contributed by atoms with Crippen molar-refractivity contribution in [2.45, 2.75) is 25.4 Å². The molecule has 0 aromatic heterocycles. The quantitative estimate of drug-likeness (QED) is 0.327. The highest BCUT2D eigenvalue weighted by molar-refractivity contribution is 6.37. The van der Waals surface area contributed by atoms with Crippen molar-refractivity contribution in [1.82, 2.24) is 15.5 Å². The number of benzene rings is 2. The normalized spacial score (nSPS) is 16.1. The molecule has 2 aromatic carbocycles. The van der Waals surface area contributed by atoms with E-state index in [1.54, 1.807) is 25.1 Å². The molecule has 2 amide bonds. The maximum absolute atomic E-state index is 12.7. The summed E-state index contributed by atoms with van der Waals surface area (Å²) in [5.74, 6) is 0.542. The number of hydrogen-bond donors (Lipinski definition) is 4. The van der Waals surface area contributed by atoms with E-state index in [1.807, 2.05) is 4.90 Å². The van der Waals surface area contributed by atoms with Crippen LogP contribution in [0.4, 0.5) is 10.5 Å². The van der Waals surface area contributed by atoms with Gasteiger partial charge in [-0.2, -0.15) is 0 Å². The van der Waals surface area contributed by atoms with Gasteiger partial charge in [0.15, 0.2) is 5.75 Å². The number of hydrogen-bond acceptors (Lipinski definition) is 6. The zero-order valence-electron chi connectivity index (χ0n) is 19.9. The standard InChI is InChI=1S/C24H29Cl3N4O5/c1-24(30-23(33)34,13-36-21-16(25)4-3-5-17(21)26)31-8-6-14(7-9-31)12-29-22(32)15-10-18(27)19(28)11-20(15)35-2/h3-5,10-11,14,30H,6-9,12-13,28H2,1-2H3,(H,29,32)(H,33,34). The van der Waals surface area contributed by atoms with Crippen LogP contribution < -0.4 is 25.8 Å². The number of likely N-dealkylation sites (tertiary alicyclic amines) is 1. The number of anilines is 1. The molecule has 196 valence electrons. The largest absolute Gasteiger partial charge is 0.496 e. The van der Waals surface area contributed by atoms with E-state index >= 15 is 0 Å². The van der Waals surface area contributed by atoms with Crippen molar-refractivity contribution in [3.63, 3.8) is 0 Å². The van der Waals surface area contributed by atoms with E-state index in [0.29, 0.717) is 52.4 Å². The average molecular weight is 560 g/mol. The monoisotopic (exact) mass is 558 g/mol. The van der Waals surface area contributed by atoms with Crippen LogP contribution in [0.25, 0.3) is 0 Å². The number of rotatable bonds is 9. The summed E-state index contributed by atoms with van der Waals surface area (Å²) in [6.07, 6.45) is 0.310. The highest BCUT2D eigenvalue weighted by Gasteiger charge is 2.37. The summed E-state index contributed by atoms with van der Waals surface area (Å²) in [7, 11) is 1.46. The first-order valence-electron chi connectivity index (χ1n) is 11.3. The molecule has 2 aromatic rings. The van der Waals surface area contributed by atoms with Crippen LogP contribution in [0.2, 0.25) is 15.1 Å². The number of halogens is 3. The number of amides is 2. The molecular weight excluding hydrogens is 531 g/mol. The van der Waals surface area contributed by atoms with Gasteiger partial charge in [0.2, 0.25) is 0 Å². The fourth-order valence-electron chi connectivity index (χ4n) is 4.15. The highest BCUT2D eigenvalue weighted by Crippen LogP contribution is 2.34. The molecule has 36 heavy (non-hydrogen) atoms. The van der Waals surface area contributed by atoms with Gasteiger partial charge in [0, 0.05) is 25.7 Å². The second-order valence-corrected chi connectivity index (χ2v) is 9.98. The molecule has 5 N–H and O–H groups in total. The molecule has 12 heteroatoms. The number of carbonyl (C=O) groups is 2. The fourth-order valence-corrected chi connectivity index (χ4v) is 4.82. The lowest BCUT2D eigenvalue weighted by Crippen LogP contribution is -2.63. The lowest BCUT2D eigenvalue weighted by Gasteiger charge is -2.44. The van der Waals surface area contributed by atoms with Gasteiger partial charge in [0.1, 0.15) is 18.0 Å². The van der Waals surface area contributed by atoms with E-state index in [1.165, 1.54) is 19.2 Å². The van der Waals surface area contributed by atoms with Crippen molar-refractivity contribution in [3.8, 4) is 11.5 Å². The Hall–Kier alpha value is -2.59. The molecule has 1 fully saturated rings. The minimum Gasteiger partial charge on any atom is -0.496 e. The zero-order chi connectivity index (χ0) is 26.5. The number of nitrogen functional groups attached to an aromatic ring is 1. The van der Waals surface area contributed by atoms with Crippen molar-refractivity contribution in [1.29, 1.82) is 0 Å². The molecule has 1 unspecified atom stereocenters. The van der Waals surface area contributed by atoms with Gasteiger partial charge in [-0.25, -0.2) is 4.79 Å². The SMILES string of the molecule is COc1cc(N)c(Cl)cc1C(=O)NCC1CCN(C(C)(COc2c(Cl)cccc2Cl)NC(=O)O)CC1. The molecule has 1 atom stereocenters. The molecule has 0 bridgehead atoms. The smallest absolute Gasteiger partial charge is 0.406 e. The second kappa shape index (κ2) is 12.1. The number of para-hydroxylation sites is 1. The van der Waals surface area contributed by atoms with E-state index < -0.39 is 11.8 Å².